The number of nitrogens with zero attached hydrogens (tertiary/aromatic N) is 4. The molecule has 13 heteroatoms. The number of aromatic carboxylic acids is 1. The average molecular weight is 539 g/mol. The van der Waals surface area contributed by atoms with Crippen LogP contribution >= 0.6 is 0 Å². The van der Waals surface area contributed by atoms with E-state index in [-0.39, 0.29) is 43.5 Å². The summed E-state index contributed by atoms with van der Waals surface area (Å²) in [6, 6.07) is 4.88. The predicted octanol–water partition coefficient (Wildman–Crippen LogP) is 4.61. The zero-order valence-corrected chi connectivity index (χ0v) is 21.9. The Morgan fingerprint density at radius 2 is 1.82 bits per heavy atom. The first-order valence-corrected chi connectivity index (χ1v) is 12.0. The molecule has 0 aliphatic carbocycles. The summed E-state index contributed by atoms with van der Waals surface area (Å²) in [5.41, 5.74) is 0.491. The van der Waals surface area contributed by atoms with Gasteiger partial charge >= 0.3 is 24.8 Å². The smallest absolute Gasteiger partial charge is 0.410 e. The van der Waals surface area contributed by atoms with Crippen LogP contribution in [0.4, 0.5) is 18.4 Å². The van der Waals surface area contributed by atoms with E-state index in [0.717, 1.165) is 4.90 Å². The fourth-order valence-electron chi connectivity index (χ4n) is 4.33. The lowest BCUT2D eigenvalue weighted by molar-refractivity contribution is -0.0498. The number of fused-ring (bicyclic) bond motifs is 1. The summed E-state index contributed by atoms with van der Waals surface area (Å²) in [7, 11) is 0. The van der Waals surface area contributed by atoms with Crippen LogP contribution in [-0.4, -0.2) is 72.7 Å². The quantitative estimate of drug-likeness (QED) is 0.498. The van der Waals surface area contributed by atoms with Crippen LogP contribution in [0, 0.1) is 0 Å². The lowest BCUT2D eigenvalue weighted by Crippen LogP contribution is -2.42. The zero-order valence-electron chi connectivity index (χ0n) is 21.9. The van der Waals surface area contributed by atoms with Crippen molar-refractivity contribution in [3.63, 3.8) is 0 Å². The maximum absolute atomic E-state index is 13.1. The summed E-state index contributed by atoms with van der Waals surface area (Å²) < 4.78 is 36.3. The van der Waals surface area contributed by atoms with Gasteiger partial charge in [-0.15, -0.1) is 0 Å². The number of carboxylic acid groups (broad SMARTS) is 2. The molecule has 1 aromatic heterocycles. The van der Waals surface area contributed by atoms with Crippen molar-refractivity contribution in [2.24, 2.45) is 0 Å². The molecule has 0 saturated heterocycles. The second-order valence-corrected chi connectivity index (χ2v) is 10.1. The maximum Gasteiger partial charge on any atom is 0.410 e. The van der Waals surface area contributed by atoms with E-state index in [1.54, 1.807) is 46.8 Å². The number of rotatable bonds is 8. The highest BCUT2D eigenvalue weighted by molar-refractivity contribution is 5.88. The van der Waals surface area contributed by atoms with E-state index in [1.165, 1.54) is 21.7 Å². The van der Waals surface area contributed by atoms with Crippen LogP contribution < -0.4 is 4.74 Å². The molecule has 1 aliphatic rings. The fraction of sp³-hybridized carbons (Fsp3) is 0.520. The molecule has 208 valence electrons. The predicted molar refractivity (Wildman–Crippen MR) is 130 cm³/mol. The monoisotopic (exact) mass is 538 g/mol. The Kier molecular flexibility index (Phi) is 8.48. The van der Waals surface area contributed by atoms with E-state index in [0.29, 0.717) is 16.8 Å². The van der Waals surface area contributed by atoms with E-state index in [1.807, 2.05) is 0 Å². The van der Waals surface area contributed by atoms with Crippen molar-refractivity contribution < 1.29 is 42.9 Å². The number of amides is 2. The van der Waals surface area contributed by atoms with Crippen LogP contribution in [0.2, 0.25) is 0 Å². The third-order valence-electron chi connectivity index (χ3n) is 6.17. The van der Waals surface area contributed by atoms with Crippen molar-refractivity contribution in [2.75, 3.05) is 6.54 Å². The SMILES string of the molecule is CC(c1ccc(OC(F)F)cc1)N(CCn1nc2c(c1C(=O)O)CN(C(=O)O)[C@H](C)C2)C(=O)OC(C)(C)C. The molecule has 2 amide bonds. The van der Waals surface area contributed by atoms with Gasteiger partial charge in [-0.25, -0.2) is 14.4 Å². The van der Waals surface area contributed by atoms with Gasteiger partial charge in [0.2, 0.25) is 0 Å². The summed E-state index contributed by atoms with van der Waals surface area (Å²) in [5.74, 6) is -1.29. The van der Waals surface area contributed by atoms with Crippen LogP contribution in [-0.2, 0) is 24.2 Å². The van der Waals surface area contributed by atoms with Crippen molar-refractivity contribution in [1.82, 2.24) is 19.6 Å². The van der Waals surface area contributed by atoms with Crippen LogP contribution in [0.3, 0.4) is 0 Å². The normalized spacial score (nSPS) is 16.1. The molecule has 1 aromatic carbocycles. The van der Waals surface area contributed by atoms with Crippen molar-refractivity contribution in [1.29, 1.82) is 0 Å². The molecule has 0 bridgehead atoms. The van der Waals surface area contributed by atoms with Gasteiger partial charge in [0.15, 0.2) is 5.69 Å². The van der Waals surface area contributed by atoms with Gasteiger partial charge in [-0.1, -0.05) is 12.1 Å². The first kappa shape index (κ1) is 28.7. The number of carbonyl (C=O) groups excluding carboxylic acids is 1. The Morgan fingerprint density at radius 3 is 2.34 bits per heavy atom. The van der Waals surface area contributed by atoms with Crippen molar-refractivity contribution in [3.8, 4) is 5.75 Å². The minimum atomic E-state index is -2.97. The standard InChI is InChI=1S/C25H32F2N4O7/c1-14-12-19-18(13-30(14)23(34)35)20(21(32)33)31(28-19)11-10-29(24(36)38-25(3,4)5)15(2)16-6-8-17(9-7-16)37-22(26)27/h6-9,14-15,22H,10-13H2,1-5H3,(H,32,33)(H,34,35)/t14-,15?/m1/s1. The summed E-state index contributed by atoms with van der Waals surface area (Å²) in [5, 5.41) is 23.8. The van der Waals surface area contributed by atoms with Gasteiger partial charge in [0.25, 0.3) is 0 Å². The van der Waals surface area contributed by atoms with Gasteiger partial charge in [-0.2, -0.15) is 13.9 Å². The molecule has 0 fully saturated rings. The fourth-order valence-corrected chi connectivity index (χ4v) is 4.33. The van der Waals surface area contributed by atoms with Crippen molar-refractivity contribution in [2.45, 2.75) is 78.4 Å². The summed E-state index contributed by atoms with van der Waals surface area (Å²) >= 11 is 0. The van der Waals surface area contributed by atoms with Crippen LogP contribution in [0.25, 0.3) is 0 Å². The largest absolute Gasteiger partial charge is 0.477 e. The van der Waals surface area contributed by atoms with Gasteiger partial charge < -0.3 is 24.6 Å². The number of hydrogen-bond acceptors (Lipinski definition) is 6. The van der Waals surface area contributed by atoms with Gasteiger partial charge in [0.05, 0.1) is 24.8 Å². The molecule has 3 rings (SSSR count). The molecule has 1 unspecified atom stereocenters. The molecule has 2 N–H and O–H groups in total. The number of ether oxygens (including phenoxy) is 2. The Morgan fingerprint density at radius 1 is 1.18 bits per heavy atom. The lowest BCUT2D eigenvalue weighted by Gasteiger charge is -2.32. The van der Waals surface area contributed by atoms with Crippen molar-refractivity contribution in [3.05, 3.63) is 46.8 Å². The molecule has 1 aliphatic heterocycles. The van der Waals surface area contributed by atoms with E-state index in [4.69, 9.17) is 4.74 Å². The summed E-state index contributed by atoms with van der Waals surface area (Å²) in [4.78, 5) is 39.4. The maximum atomic E-state index is 13.1. The topological polar surface area (TPSA) is 134 Å². The van der Waals surface area contributed by atoms with E-state index in [2.05, 4.69) is 9.84 Å². The van der Waals surface area contributed by atoms with Gasteiger partial charge in [-0.05, 0) is 52.3 Å². The second kappa shape index (κ2) is 11.2. The van der Waals surface area contributed by atoms with E-state index in [9.17, 15) is 33.4 Å². The molecule has 2 heterocycles. The highest BCUT2D eigenvalue weighted by atomic mass is 19.3. The minimum absolute atomic E-state index is 0.00437. The molecule has 11 nitrogen and oxygen atoms in total. The highest BCUT2D eigenvalue weighted by Crippen LogP contribution is 2.28. The van der Waals surface area contributed by atoms with Crippen molar-refractivity contribution >= 4 is 18.2 Å². The molecular weight excluding hydrogens is 506 g/mol. The Hall–Kier alpha value is -3.90. The van der Waals surface area contributed by atoms with Crippen LogP contribution in [0.15, 0.2) is 24.3 Å². The average Bonchev–Trinajstić information content (AvgIpc) is 3.14. The first-order chi connectivity index (χ1) is 17.7. The molecule has 2 aromatic rings. The molecule has 0 radical (unpaired) electrons. The summed E-state index contributed by atoms with van der Waals surface area (Å²) in [6.45, 7) is 5.51. The first-order valence-electron chi connectivity index (χ1n) is 12.0. The van der Waals surface area contributed by atoms with E-state index >= 15 is 0 Å². The van der Waals surface area contributed by atoms with Crippen LogP contribution in [0.1, 0.15) is 68.0 Å². The molecule has 38 heavy (non-hydrogen) atoms. The molecule has 0 saturated carbocycles. The third kappa shape index (κ3) is 6.69. The molecule has 2 atom stereocenters. The number of carboxylic acids is 1. The highest BCUT2D eigenvalue weighted by Gasteiger charge is 2.34. The number of alkyl halides is 2. The number of carbonyl (C=O) groups is 3. The second-order valence-electron chi connectivity index (χ2n) is 10.1. The van der Waals surface area contributed by atoms with Gasteiger partial charge in [-0.3, -0.25) is 9.58 Å². The third-order valence-corrected chi connectivity index (χ3v) is 6.17. The van der Waals surface area contributed by atoms with Gasteiger partial charge in [0, 0.05) is 24.6 Å². The Balaban J connectivity index is 1.89. The zero-order chi connectivity index (χ0) is 28.4. The van der Waals surface area contributed by atoms with E-state index < -0.39 is 36.4 Å². The Bertz CT molecular complexity index is 1180. The minimum Gasteiger partial charge on any atom is -0.477 e. The van der Waals surface area contributed by atoms with Gasteiger partial charge in [0.1, 0.15) is 11.4 Å². The number of aromatic nitrogens is 2. The number of halogens is 2. The summed E-state index contributed by atoms with van der Waals surface area (Å²) in [6.07, 6.45) is -1.55. The van der Waals surface area contributed by atoms with Crippen LogP contribution in [0.5, 0.6) is 5.75 Å². The molecule has 0 spiro atoms. The number of benzene rings is 1. The number of hydrogen-bond donors (Lipinski definition) is 2. The Labute approximate surface area is 218 Å². The molecular formula is C25H32F2N4O7. The lowest BCUT2D eigenvalue weighted by atomic mass is 10.00.